The lowest BCUT2D eigenvalue weighted by molar-refractivity contribution is 0.0845. The molecule has 3 rings (SSSR count). The maximum atomic E-state index is 12.2. The maximum absolute atomic E-state index is 12.2. The molecular weight excluding hydrogens is 339 g/mol. The molecule has 1 atom stereocenters. The Balaban J connectivity index is 1.86. The van der Waals surface area contributed by atoms with Crippen molar-refractivity contribution in [1.29, 1.82) is 0 Å². The number of phosphoric ester groups is 1. The minimum absolute atomic E-state index is 0.0190. The van der Waals surface area contributed by atoms with Gasteiger partial charge in [0.1, 0.15) is 34.7 Å². The summed E-state index contributed by atoms with van der Waals surface area (Å²) >= 11 is 0. The summed E-state index contributed by atoms with van der Waals surface area (Å²) in [7, 11) is -4.64. The van der Waals surface area contributed by atoms with Crippen molar-refractivity contribution in [2.24, 2.45) is 0 Å². The Morgan fingerprint density at radius 1 is 1.12 bits per heavy atom. The molecule has 0 saturated carbocycles. The van der Waals surface area contributed by atoms with Crippen LogP contribution in [0.4, 0.5) is 0 Å². The predicted molar refractivity (Wildman–Crippen MR) is 81.2 cm³/mol. The van der Waals surface area contributed by atoms with E-state index < -0.39 is 13.9 Å². The lowest BCUT2D eigenvalue weighted by atomic mass is 9.95. The van der Waals surface area contributed by atoms with Gasteiger partial charge >= 0.3 is 7.82 Å². The van der Waals surface area contributed by atoms with E-state index in [1.54, 1.807) is 0 Å². The highest BCUT2D eigenvalue weighted by Gasteiger charge is 2.30. The fraction of sp³-hybridized carbons (Fsp3) is 0.133. The van der Waals surface area contributed by atoms with Gasteiger partial charge in [-0.1, -0.05) is 12.1 Å². The van der Waals surface area contributed by atoms with Crippen LogP contribution in [0.5, 0.6) is 23.0 Å². The molecule has 2 aromatic carbocycles. The van der Waals surface area contributed by atoms with E-state index in [4.69, 9.17) is 14.5 Å². The van der Waals surface area contributed by atoms with Gasteiger partial charge in [-0.25, -0.2) is 4.57 Å². The van der Waals surface area contributed by atoms with Gasteiger partial charge in [0.05, 0.1) is 6.42 Å². The van der Waals surface area contributed by atoms with Crippen LogP contribution in [0.25, 0.3) is 0 Å². The van der Waals surface area contributed by atoms with E-state index in [1.807, 2.05) is 0 Å². The lowest BCUT2D eigenvalue weighted by Crippen LogP contribution is -2.20. The first-order chi connectivity index (χ1) is 11.2. The third-order valence-corrected chi connectivity index (χ3v) is 3.91. The standard InChI is InChI=1S/C15H13O8P/c16-9-5-11(17)15-12(18)7-13(22-14(15)6-9)8-1-3-10(4-2-8)23-24(19,20)21/h1-6,13,16-17H,7H2,(H2,19,20,21). The summed E-state index contributed by atoms with van der Waals surface area (Å²) in [5, 5.41) is 19.3. The highest BCUT2D eigenvalue weighted by atomic mass is 31.2. The van der Waals surface area contributed by atoms with E-state index in [0.717, 1.165) is 6.07 Å². The van der Waals surface area contributed by atoms with Crippen molar-refractivity contribution in [2.45, 2.75) is 12.5 Å². The first-order valence-corrected chi connectivity index (χ1v) is 8.37. The summed E-state index contributed by atoms with van der Waals surface area (Å²) < 4.78 is 20.9. The molecular formula is C15H13O8P. The van der Waals surface area contributed by atoms with E-state index in [2.05, 4.69) is 4.52 Å². The highest BCUT2D eigenvalue weighted by molar-refractivity contribution is 7.46. The number of rotatable bonds is 3. The van der Waals surface area contributed by atoms with Crippen molar-refractivity contribution in [3.8, 4) is 23.0 Å². The van der Waals surface area contributed by atoms with E-state index in [-0.39, 0.29) is 40.8 Å². The quantitative estimate of drug-likeness (QED) is 0.618. The Kier molecular flexibility index (Phi) is 3.96. The van der Waals surface area contributed by atoms with Crippen LogP contribution < -0.4 is 9.26 Å². The van der Waals surface area contributed by atoms with E-state index in [9.17, 15) is 19.6 Å². The molecule has 2 aromatic rings. The zero-order valence-electron chi connectivity index (χ0n) is 12.1. The van der Waals surface area contributed by atoms with Crippen LogP contribution in [-0.2, 0) is 4.57 Å². The van der Waals surface area contributed by atoms with Crippen LogP contribution in [0.2, 0.25) is 0 Å². The molecule has 9 heteroatoms. The Hall–Kier alpha value is -2.54. The third-order valence-electron chi connectivity index (χ3n) is 3.46. The highest BCUT2D eigenvalue weighted by Crippen LogP contribution is 2.42. The summed E-state index contributed by atoms with van der Waals surface area (Å²) in [4.78, 5) is 29.7. The molecule has 1 heterocycles. The number of ketones is 1. The number of carbonyl (C=O) groups excluding carboxylic acids is 1. The lowest BCUT2D eigenvalue weighted by Gasteiger charge is -2.26. The van der Waals surface area contributed by atoms with Crippen LogP contribution in [0.1, 0.15) is 28.4 Å². The summed E-state index contributed by atoms with van der Waals surface area (Å²) in [5.41, 5.74) is 0.598. The normalized spacial score (nSPS) is 17.1. The largest absolute Gasteiger partial charge is 0.524 e. The molecule has 0 spiro atoms. The molecule has 0 aromatic heterocycles. The maximum Gasteiger partial charge on any atom is 0.524 e. The number of phenolic OH excluding ortho intramolecular Hbond substituents is 2. The van der Waals surface area contributed by atoms with Crippen molar-refractivity contribution < 1.29 is 38.6 Å². The summed E-state index contributed by atoms with van der Waals surface area (Å²) in [6, 6.07) is 8.02. The minimum Gasteiger partial charge on any atom is -0.508 e. The van der Waals surface area contributed by atoms with Gasteiger partial charge in [-0.15, -0.1) is 0 Å². The number of fused-ring (bicyclic) bond motifs is 1. The molecule has 8 nitrogen and oxygen atoms in total. The van der Waals surface area contributed by atoms with Gasteiger partial charge in [-0.3, -0.25) is 14.6 Å². The predicted octanol–water partition coefficient (Wildman–Crippen LogP) is 2.28. The number of benzene rings is 2. The van der Waals surface area contributed by atoms with E-state index >= 15 is 0 Å². The van der Waals surface area contributed by atoms with Crippen molar-refractivity contribution in [3.05, 3.63) is 47.5 Å². The van der Waals surface area contributed by atoms with Crippen LogP contribution >= 0.6 is 7.82 Å². The number of phenols is 2. The Labute approximate surface area is 136 Å². The fourth-order valence-electron chi connectivity index (χ4n) is 2.49. The first kappa shape index (κ1) is 16.3. The van der Waals surface area contributed by atoms with Gasteiger partial charge in [-0.2, -0.15) is 0 Å². The first-order valence-electron chi connectivity index (χ1n) is 6.84. The molecule has 1 unspecified atom stereocenters. The molecule has 0 aliphatic carbocycles. The topological polar surface area (TPSA) is 134 Å². The number of carbonyl (C=O) groups is 1. The summed E-state index contributed by atoms with van der Waals surface area (Å²) in [6.07, 6.45) is -0.681. The second-order valence-corrected chi connectivity index (χ2v) is 6.39. The molecule has 1 aliphatic rings. The second kappa shape index (κ2) is 5.83. The Morgan fingerprint density at radius 3 is 2.42 bits per heavy atom. The van der Waals surface area contributed by atoms with Gasteiger partial charge in [0, 0.05) is 12.1 Å². The number of ether oxygens (including phenoxy) is 1. The number of Topliss-reactive ketones (excluding diaryl/α,β-unsaturated/α-hetero) is 1. The summed E-state index contributed by atoms with van der Waals surface area (Å²) in [6.45, 7) is 0. The van der Waals surface area contributed by atoms with Gasteiger partial charge in [0.15, 0.2) is 5.78 Å². The fourth-order valence-corrected chi connectivity index (χ4v) is 2.89. The number of hydrogen-bond donors (Lipinski definition) is 4. The summed E-state index contributed by atoms with van der Waals surface area (Å²) in [5.74, 6) is -0.868. The Morgan fingerprint density at radius 2 is 1.79 bits per heavy atom. The zero-order valence-corrected chi connectivity index (χ0v) is 13.0. The Bertz CT molecular complexity index is 839. The van der Waals surface area contributed by atoms with Gasteiger partial charge < -0.3 is 19.5 Å². The van der Waals surface area contributed by atoms with Gasteiger partial charge in [0.2, 0.25) is 0 Å². The van der Waals surface area contributed by atoms with Crippen LogP contribution in [-0.4, -0.2) is 25.8 Å². The molecule has 24 heavy (non-hydrogen) atoms. The van der Waals surface area contributed by atoms with Crippen LogP contribution in [0.15, 0.2) is 36.4 Å². The molecule has 0 saturated heterocycles. The van der Waals surface area contributed by atoms with Crippen molar-refractivity contribution in [3.63, 3.8) is 0 Å². The average Bonchev–Trinajstić information content (AvgIpc) is 2.45. The molecule has 0 radical (unpaired) electrons. The molecule has 126 valence electrons. The molecule has 0 amide bonds. The van der Waals surface area contributed by atoms with Crippen LogP contribution in [0.3, 0.4) is 0 Å². The second-order valence-electron chi connectivity index (χ2n) is 5.22. The molecule has 1 aliphatic heterocycles. The SMILES string of the molecule is O=C1CC(c2ccc(OP(=O)(O)O)cc2)Oc2cc(O)cc(O)c21. The van der Waals surface area contributed by atoms with E-state index in [0.29, 0.717) is 5.56 Å². The molecule has 0 fully saturated rings. The molecule has 0 bridgehead atoms. The van der Waals surface area contributed by atoms with E-state index in [1.165, 1.54) is 30.3 Å². The van der Waals surface area contributed by atoms with Crippen molar-refractivity contribution in [1.82, 2.24) is 0 Å². The zero-order chi connectivity index (χ0) is 17.5. The third kappa shape index (κ3) is 3.35. The average molecular weight is 352 g/mol. The number of phosphoric acid groups is 1. The van der Waals surface area contributed by atoms with Gasteiger partial charge in [-0.05, 0) is 17.7 Å². The minimum atomic E-state index is -4.64. The number of aromatic hydroxyl groups is 2. The van der Waals surface area contributed by atoms with Crippen molar-refractivity contribution >= 4 is 13.6 Å². The molecule has 4 N–H and O–H groups in total. The smallest absolute Gasteiger partial charge is 0.508 e. The van der Waals surface area contributed by atoms with Gasteiger partial charge in [0.25, 0.3) is 0 Å². The number of hydrogen-bond acceptors (Lipinski definition) is 6. The van der Waals surface area contributed by atoms with Crippen molar-refractivity contribution in [2.75, 3.05) is 0 Å². The monoisotopic (exact) mass is 352 g/mol. The van der Waals surface area contributed by atoms with Crippen LogP contribution in [0, 0.1) is 0 Å².